The quantitative estimate of drug-likeness (QED) is 0.448. The number of para-hydroxylation sites is 1. The van der Waals surface area contributed by atoms with Gasteiger partial charge in [0.25, 0.3) is 0 Å². The smallest absolute Gasteiger partial charge is 0.189 e. The van der Waals surface area contributed by atoms with Gasteiger partial charge in [0, 0.05) is 18.5 Å². The number of methoxy groups -OCH3 is 1. The first-order chi connectivity index (χ1) is 15.1. The molecule has 3 N–H and O–H groups in total. The summed E-state index contributed by atoms with van der Waals surface area (Å²) >= 11 is 0. The minimum absolute atomic E-state index is 0.102. The predicted molar refractivity (Wildman–Crippen MR) is 124 cm³/mol. The number of nitrogens with zero attached hydrogens (tertiary/aromatic N) is 2. The summed E-state index contributed by atoms with van der Waals surface area (Å²) < 4.78 is 17.1. The first kappa shape index (κ1) is 22.7. The zero-order valence-corrected chi connectivity index (χ0v) is 18.8. The molecule has 0 spiro atoms. The molecule has 0 saturated heterocycles. The molecule has 3 rings (SSSR count). The molecule has 0 radical (unpaired) electrons. The van der Waals surface area contributed by atoms with Crippen molar-refractivity contribution >= 4 is 5.96 Å². The lowest BCUT2D eigenvalue weighted by Gasteiger charge is -2.26. The lowest BCUT2D eigenvalue weighted by Crippen LogP contribution is -2.37. The zero-order chi connectivity index (χ0) is 22.1. The predicted octanol–water partition coefficient (Wildman–Crippen LogP) is 3.34. The molecule has 1 atom stereocenters. The van der Waals surface area contributed by atoms with Crippen LogP contribution in [0.2, 0.25) is 0 Å². The number of rotatable bonds is 10. The van der Waals surface area contributed by atoms with Crippen LogP contribution in [-0.4, -0.2) is 50.8 Å². The van der Waals surface area contributed by atoms with Crippen molar-refractivity contribution in [1.29, 1.82) is 0 Å². The summed E-state index contributed by atoms with van der Waals surface area (Å²) in [6.45, 7) is 8.97. The topological polar surface area (TPSA) is 81.3 Å². The van der Waals surface area contributed by atoms with Gasteiger partial charge < -0.3 is 30.2 Å². The number of fused-ring (bicyclic) bond motifs is 1. The van der Waals surface area contributed by atoms with Gasteiger partial charge in [0.05, 0.1) is 26.3 Å². The van der Waals surface area contributed by atoms with Crippen LogP contribution < -0.4 is 25.3 Å². The molecule has 2 aromatic carbocycles. The van der Waals surface area contributed by atoms with Gasteiger partial charge in [0.15, 0.2) is 17.5 Å². The number of likely N-dealkylation sites (N-methyl/N-ethyl adjacent to an activating group) is 1. The fraction of sp³-hybridized carbons (Fsp3) is 0.458. The third kappa shape index (κ3) is 6.28. The van der Waals surface area contributed by atoms with Gasteiger partial charge in [-0.3, -0.25) is 0 Å². The zero-order valence-electron chi connectivity index (χ0n) is 18.8. The molecular weight excluding hydrogens is 392 g/mol. The molecule has 7 nitrogen and oxygen atoms in total. The number of nitrogens with one attached hydrogen (secondary N) is 1. The number of guanidine groups is 1. The summed E-state index contributed by atoms with van der Waals surface area (Å²) in [5.41, 5.74) is 8.28. The van der Waals surface area contributed by atoms with Crippen molar-refractivity contribution in [3.63, 3.8) is 0 Å². The Morgan fingerprint density at radius 2 is 2.00 bits per heavy atom. The highest BCUT2D eigenvalue weighted by Crippen LogP contribution is 2.31. The Labute approximate surface area is 185 Å². The van der Waals surface area contributed by atoms with Gasteiger partial charge in [-0.25, -0.2) is 4.99 Å². The Bertz CT molecular complexity index is 868. The Balaban J connectivity index is 1.58. The second-order valence-corrected chi connectivity index (χ2v) is 7.43. The number of aliphatic imine (C=N–C) groups is 1. The van der Waals surface area contributed by atoms with Crippen LogP contribution in [0.1, 0.15) is 37.4 Å². The van der Waals surface area contributed by atoms with E-state index in [2.05, 4.69) is 35.1 Å². The van der Waals surface area contributed by atoms with Crippen molar-refractivity contribution in [3.05, 3.63) is 53.6 Å². The number of benzene rings is 2. The van der Waals surface area contributed by atoms with Gasteiger partial charge in [-0.15, -0.1) is 0 Å². The summed E-state index contributed by atoms with van der Waals surface area (Å²) in [6, 6.07) is 14.0. The maximum atomic E-state index is 6.17. The minimum Gasteiger partial charge on any atom is -0.493 e. The molecule has 1 heterocycles. The summed E-state index contributed by atoms with van der Waals surface area (Å²) in [7, 11) is 1.65. The van der Waals surface area contributed by atoms with Crippen LogP contribution in [0.3, 0.4) is 0 Å². The fourth-order valence-electron chi connectivity index (χ4n) is 3.65. The third-order valence-electron chi connectivity index (χ3n) is 5.50. The normalized spacial score (nSPS) is 15.9. The third-order valence-corrected chi connectivity index (χ3v) is 5.50. The first-order valence-corrected chi connectivity index (χ1v) is 10.9. The van der Waals surface area contributed by atoms with E-state index in [0.717, 1.165) is 48.7 Å². The molecule has 2 aromatic rings. The number of nitrogens with two attached hydrogens (primary N) is 1. The summed E-state index contributed by atoms with van der Waals surface area (Å²) in [4.78, 5) is 6.84. The van der Waals surface area contributed by atoms with E-state index >= 15 is 0 Å². The summed E-state index contributed by atoms with van der Waals surface area (Å²) in [5, 5.41) is 3.32. The molecule has 1 aliphatic heterocycles. The van der Waals surface area contributed by atoms with Crippen molar-refractivity contribution in [2.45, 2.75) is 32.9 Å². The van der Waals surface area contributed by atoms with E-state index in [1.165, 1.54) is 0 Å². The molecule has 0 amide bonds. The standard InChI is InChI=1S/C24H34N4O3/c1-4-28(5-2)13-15-31-22-11-10-18(16-23(22)29-3)17-26-24(25)27-20-12-14-30-21-9-7-6-8-19(20)21/h6-11,16,20H,4-5,12-15,17H2,1-3H3,(H3,25,26,27). The molecule has 1 unspecified atom stereocenters. The number of hydrogen-bond donors (Lipinski definition) is 2. The van der Waals surface area contributed by atoms with E-state index in [0.29, 0.717) is 31.5 Å². The molecular formula is C24H34N4O3. The van der Waals surface area contributed by atoms with E-state index < -0.39 is 0 Å². The van der Waals surface area contributed by atoms with Gasteiger partial charge >= 0.3 is 0 Å². The van der Waals surface area contributed by atoms with Crippen LogP contribution in [-0.2, 0) is 6.54 Å². The largest absolute Gasteiger partial charge is 0.493 e. The Hall–Kier alpha value is -2.93. The average molecular weight is 427 g/mol. The van der Waals surface area contributed by atoms with Gasteiger partial charge in [0.1, 0.15) is 12.4 Å². The van der Waals surface area contributed by atoms with Gasteiger partial charge in [-0.1, -0.05) is 38.1 Å². The molecule has 31 heavy (non-hydrogen) atoms. The van der Waals surface area contributed by atoms with Crippen LogP contribution in [0.25, 0.3) is 0 Å². The highest BCUT2D eigenvalue weighted by atomic mass is 16.5. The molecule has 0 fully saturated rings. The monoisotopic (exact) mass is 426 g/mol. The minimum atomic E-state index is 0.102. The Morgan fingerprint density at radius 1 is 1.19 bits per heavy atom. The van der Waals surface area contributed by atoms with Crippen molar-refractivity contribution in [2.75, 3.05) is 40.0 Å². The highest BCUT2D eigenvalue weighted by molar-refractivity contribution is 5.78. The van der Waals surface area contributed by atoms with E-state index in [9.17, 15) is 0 Å². The fourth-order valence-corrected chi connectivity index (χ4v) is 3.65. The average Bonchev–Trinajstić information content (AvgIpc) is 2.81. The van der Waals surface area contributed by atoms with E-state index in [-0.39, 0.29) is 6.04 Å². The van der Waals surface area contributed by atoms with Crippen molar-refractivity contribution in [1.82, 2.24) is 10.2 Å². The lowest BCUT2D eigenvalue weighted by atomic mass is 10.0. The van der Waals surface area contributed by atoms with Crippen LogP contribution in [0.15, 0.2) is 47.5 Å². The molecule has 1 aliphatic rings. The number of hydrogen-bond acceptors (Lipinski definition) is 5. The lowest BCUT2D eigenvalue weighted by molar-refractivity contribution is 0.217. The molecule has 0 bridgehead atoms. The SMILES string of the molecule is CCN(CC)CCOc1ccc(CN=C(N)NC2CCOc3ccccc32)cc1OC. The van der Waals surface area contributed by atoms with E-state index in [4.69, 9.17) is 19.9 Å². The van der Waals surface area contributed by atoms with E-state index in [1.807, 2.05) is 36.4 Å². The van der Waals surface area contributed by atoms with Gasteiger partial charge in [-0.2, -0.15) is 0 Å². The van der Waals surface area contributed by atoms with Crippen LogP contribution in [0, 0.1) is 0 Å². The molecule has 0 aromatic heterocycles. The highest BCUT2D eigenvalue weighted by Gasteiger charge is 2.21. The summed E-state index contributed by atoms with van der Waals surface area (Å²) in [6.07, 6.45) is 0.848. The second-order valence-electron chi connectivity index (χ2n) is 7.43. The van der Waals surface area contributed by atoms with Crippen LogP contribution in [0.5, 0.6) is 17.2 Å². The number of ether oxygens (including phenoxy) is 3. The summed E-state index contributed by atoms with van der Waals surface area (Å²) in [5.74, 6) is 2.77. The maximum Gasteiger partial charge on any atom is 0.189 e. The molecule has 7 heteroatoms. The Morgan fingerprint density at radius 3 is 2.77 bits per heavy atom. The van der Waals surface area contributed by atoms with Crippen LogP contribution in [0.4, 0.5) is 0 Å². The first-order valence-electron chi connectivity index (χ1n) is 10.9. The molecule has 0 aliphatic carbocycles. The molecule has 168 valence electrons. The van der Waals surface area contributed by atoms with E-state index in [1.54, 1.807) is 7.11 Å². The van der Waals surface area contributed by atoms with Crippen LogP contribution >= 0.6 is 0 Å². The van der Waals surface area contributed by atoms with Gasteiger partial charge in [-0.05, 0) is 36.9 Å². The maximum absolute atomic E-state index is 6.17. The van der Waals surface area contributed by atoms with Crippen molar-refractivity contribution in [3.8, 4) is 17.2 Å². The Kier molecular flexibility index (Phi) is 8.41. The van der Waals surface area contributed by atoms with Gasteiger partial charge in [0.2, 0.25) is 0 Å². The van der Waals surface area contributed by atoms with Crippen molar-refractivity contribution in [2.24, 2.45) is 10.7 Å². The van der Waals surface area contributed by atoms with Crippen molar-refractivity contribution < 1.29 is 14.2 Å². The molecule has 0 saturated carbocycles. The second kappa shape index (κ2) is 11.5.